The van der Waals surface area contributed by atoms with E-state index < -0.39 is 24.3 Å². The number of aromatic nitrogens is 3. The maximum atomic E-state index is 12.2. The Morgan fingerprint density at radius 3 is 2.48 bits per heavy atom. The van der Waals surface area contributed by atoms with Crippen LogP contribution >= 0.6 is 11.3 Å². The van der Waals surface area contributed by atoms with Crippen molar-refractivity contribution in [3.05, 3.63) is 62.5 Å². The van der Waals surface area contributed by atoms with E-state index in [-0.39, 0.29) is 29.0 Å². The van der Waals surface area contributed by atoms with Gasteiger partial charge in [-0.3, -0.25) is 24.1 Å². The summed E-state index contributed by atoms with van der Waals surface area (Å²) >= 11 is 1.24. The Morgan fingerprint density at radius 2 is 1.81 bits per heavy atom. The number of imide groups is 1. The van der Waals surface area contributed by atoms with Gasteiger partial charge in [-0.25, -0.2) is 4.98 Å². The molecule has 0 radical (unpaired) electrons. The number of aryl methyl sites for hydroxylation is 1. The van der Waals surface area contributed by atoms with Gasteiger partial charge in [0.25, 0.3) is 17.4 Å². The SMILES string of the molecule is Cc1nn2c(=O)cc(COC(=O)CN3C(=O)c4ccccc4C3=O)nc2s1. The quantitative estimate of drug-likeness (QED) is 0.483. The van der Waals surface area contributed by atoms with Crippen LogP contribution in [0.5, 0.6) is 0 Å². The standard InChI is InChI=1S/C17H12N4O5S/c1-9-19-21-13(22)6-10(18-17(21)27-9)8-26-14(23)7-20-15(24)11-4-2-3-5-12(11)16(20)25/h2-6H,7-8H2,1H3. The number of rotatable bonds is 4. The fourth-order valence-corrected chi connectivity index (χ4v) is 3.50. The Hall–Kier alpha value is -3.40. The zero-order chi connectivity index (χ0) is 19.1. The van der Waals surface area contributed by atoms with Gasteiger partial charge in [0.1, 0.15) is 18.2 Å². The molecule has 136 valence electrons. The van der Waals surface area contributed by atoms with Crippen LogP contribution in [0, 0.1) is 6.92 Å². The van der Waals surface area contributed by atoms with E-state index in [2.05, 4.69) is 10.1 Å². The van der Waals surface area contributed by atoms with Crippen molar-refractivity contribution in [3.63, 3.8) is 0 Å². The summed E-state index contributed by atoms with van der Waals surface area (Å²) in [6.07, 6.45) is 0. The minimum absolute atomic E-state index is 0.245. The van der Waals surface area contributed by atoms with E-state index >= 15 is 0 Å². The molecule has 0 N–H and O–H groups in total. The van der Waals surface area contributed by atoms with E-state index in [0.717, 1.165) is 4.90 Å². The number of fused-ring (bicyclic) bond motifs is 2. The first-order valence-corrected chi connectivity index (χ1v) is 8.73. The van der Waals surface area contributed by atoms with E-state index in [1.165, 1.54) is 34.1 Å². The lowest BCUT2D eigenvalue weighted by atomic mass is 10.1. The number of ether oxygens (including phenoxy) is 1. The fourth-order valence-electron chi connectivity index (χ4n) is 2.74. The molecule has 0 bridgehead atoms. The number of carbonyl (C=O) groups excluding carboxylic acids is 3. The third-order valence-electron chi connectivity index (χ3n) is 3.95. The molecule has 0 spiro atoms. The van der Waals surface area contributed by atoms with Crippen LogP contribution in [0.2, 0.25) is 0 Å². The molecule has 2 amide bonds. The Balaban J connectivity index is 1.44. The van der Waals surface area contributed by atoms with Crippen molar-refractivity contribution in [2.45, 2.75) is 13.5 Å². The van der Waals surface area contributed by atoms with E-state index in [1.54, 1.807) is 19.1 Å². The number of nitrogens with zero attached hydrogens (tertiary/aromatic N) is 4. The van der Waals surface area contributed by atoms with Crippen molar-refractivity contribution in [2.24, 2.45) is 0 Å². The number of carbonyl (C=O) groups is 3. The maximum Gasteiger partial charge on any atom is 0.326 e. The van der Waals surface area contributed by atoms with Gasteiger partial charge < -0.3 is 4.74 Å². The monoisotopic (exact) mass is 384 g/mol. The minimum Gasteiger partial charge on any atom is -0.458 e. The van der Waals surface area contributed by atoms with Crippen LogP contribution in [0.15, 0.2) is 35.1 Å². The van der Waals surface area contributed by atoms with E-state index in [0.29, 0.717) is 9.97 Å². The van der Waals surface area contributed by atoms with Crippen LogP contribution in [-0.4, -0.2) is 43.8 Å². The maximum absolute atomic E-state index is 12.2. The second-order valence-electron chi connectivity index (χ2n) is 5.80. The molecule has 3 heterocycles. The second-order valence-corrected chi connectivity index (χ2v) is 6.96. The zero-order valence-corrected chi connectivity index (χ0v) is 14.9. The van der Waals surface area contributed by atoms with Crippen LogP contribution in [0.3, 0.4) is 0 Å². The van der Waals surface area contributed by atoms with Crippen LogP contribution in [-0.2, 0) is 16.1 Å². The smallest absolute Gasteiger partial charge is 0.326 e. The molecule has 3 aromatic rings. The molecule has 10 heteroatoms. The van der Waals surface area contributed by atoms with Crippen LogP contribution in [0.25, 0.3) is 4.96 Å². The van der Waals surface area contributed by atoms with Gasteiger partial charge in [-0.1, -0.05) is 23.5 Å². The van der Waals surface area contributed by atoms with Gasteiger partial charge in [0.05, 0.1) is 16.8 Å². The van der Waals surface area contributed by atoms with E-state index in [4.69, 9.17) is 4.74 Å². The van der Waals surface area contributed by atoms with Gasteiger partial charge in [0.2, 0.25) is 4.96 Å². The van der Waals surface area contributed by atoms with Crippen molar-refractivity contribution in [2.75, 3.05) is 6.54 Å². The lowest BCUT2D eigenvalue weighted by Crippen LogP contribution is -2.35. The summed E-state index contributed by atoms with van der Waals surface area (Å²) < 4.78 is 6.26. The molecule has 0 aliphatic carbocycles. The normalized spacial score (nSPS) is 13.3. The molecule has 9 nitrogen and oxygen atoms in total. The largest absolute Gasteiger partial charge is 0.458 e. The van der Waals surface area contributed by atoms with Crippen LogP contribution in [0.1, 0.15) is 31.4 Å². The Bertz CT molecular complexity index is 1130. The zero-order valence-electron chi connectivity index (χ0n) is 14.0. The molecule has 1 aliphatic rings. The molecule has 1 aliphatic heterocycles. The highest BCUT2D eigenvalue weighted by Crippen LogP contribution is 2.22. The summed E-state index contributed by atoms with van der Waals surface area (Å²) in [5.41, 5.74) is 0.405. The van der Waals surface area contributed by atoms with Gasteiger partial charge in [-0.15, -0.1) is 0 Å². The first-order valence-electron chi connectivity index (χ1n) is 7.91. The summed E-state index contributed by atoms with van der Waals surface area (Å²) in [5.74, 6) is -1.84. The van der Waals surface area contributed by atoms with E-state index in [1.807, 2.05) is 0 Å². The number of hydrogen-bond donors (Lipinski definition) is 0. The summed E-state index contributed by atoms with van der Waals surface area (Å²) in [6.45, 7) is 0.999. The van der Waals surface area contributed by atoms with Gasteiger partial charge >= 0.3 is 5.97 Å². The molecular formula is C17H12N4O5S. The fraction of sp³-hybridized carbons (Fsp3) is 0.176. The Morgan fingerprint density at radius 1 is 1.15 bits per heavy atom. The van der Waals surface area contributed by atoms with Crippen LogP contribution in [0.4, 0.5) is 0 Å². The average Bonchev–Trinajstić information content (AvgIpc) is 3.14. The second kappa shape index (κ2) is 6.40. The molecule has 1 aromatic carbocycles. The van der Waals surface area contributed by atoms with Gasteiger partial charge in [0.15, 0.2) is 0 Å². The van der Waals surface area contributed by atoms with Gasteiger partial charge in [-0.05, 0) is 19.1 Å². The number of hydrogen-bond acceptors (Lipinski definition) is 8. The predicted molar refractivity (Wildman–Crippen MR) is 93.5 cm³/mol. The highest BCUT2D eigenvalue weighted by molar-refractivity contribution is 7.16. The topological polar surface area (TPSA) is 111 Å². The Labute approximate surface area is 155 Å². The molecule has 0 saturated carbocycles. The van der Waals surface area contributed by atoms with Crippen molar-refractivity contribution in [3.8, 4) is 0 Å². The molecule has 2 aromatic heterocycles. The number of esters is 1. The minimum atomic E-state index is -0.771. The first-order chi connectivity index (χ1) is 12.9. The lowest BCUT2D eigenvalue weighted by molar-refractivity contribution is -0.145. The summed E-state index contributed by atoms with van der Waals surface area (Å²) in [5, 5.41) is 4.70. The molecule has 0 saturated heterocycles. The molecular weight excluding hydrogens is 372 g/mol. The van der Waals surface area contributed by atoms with Crippen molar-refractivity contribution >= 4 is 34.1 Å². The number of amides is 2. The first kappa shape index (κ1) is 17.0. The summed E-state index contributed by atoms with van der Waals surface area (Å²) in [7, 11) is 0. The molecule has 0 fully saturated rings. The summed E-state index contributed by atoms with van der Waals surface area (Å²) in [4.78, 5) is 54.0. The predicted octanol–water partition coefficient (Wildman–Crippen LogP) is 0.799. The summed E-state index contributed by atoms with van der Waals surface area (Å²) in [6, 6.07) is 7.58. The highest BCUT2D eigenvalue weighted by atomic mass is 32.1. The van der Waals surface area contributed by atoms with Crippen molar-refractivity contribution in [1.82, 2.24) is 19.5 Å². The number of benzene rings is 1. The highest BCUT2D eigenvalue weighted by Gasteiger charge is 2.36. The lowest BCUT2D eigenvalue weighted by Gasteiger charge is -2.12. The van der Waals surface area contributed by atoms with E-state index in [9.17, 15) is 19.2 Å². The molecule has 4 rings (SSSR count). The third kappa shape index (κ3) is 2.99. The van der Waals surface area contributed by atoms with Crippen molar-refractivity contribution in [1.29, 1.82) is 0 Å². The van der Waals surface area contributed by atoms with Crippen molar-refractivity contribution < 1.29 is 19.1 Å². The van der Waals surface area contributed by atoms with Gasteiger partial charge in [0, 0.05) is 6.07 Å². The molecule has 0 atom stereocenters. The van der Waals surface area contributed by atoms with Crippen LogP contribution < -0.4 is 5.56 Å². The molecule has 0 unspecified atom stereocenters. The average molecular weight is 384 g/mol. The van der Waals surface area contributed by atoms with Gasteiger partial charge in [-0.2, -0.15) is 9.61 Å². The molecule has 27 heavy (non-hydrogen) atoms. The third-order valence-corrected chi connectivity index (χ3v) is 4.77. The Kier molecular flexibility index (Phi) is 4.04.